The Morgan fingerprint density at radius 1 is 1.10 bits per heavy atom. The van der Waals surface area contributed by atoms with Crippen molar-refractivity contribution in [3.8, 4) is 11.4 Å². The molecule has 4 rings (SSSR count). The summed E-state index contributed by atoms with van der Waals surface area (Å²) >= 11 is 7.78. The summed E-state index contributed by atoms with van der Waals surface area (Å²) in [4.78, 5) is 17.6. The van der Waals surface area contributed by atoms with Gasteiger partial charge in [0.05, 0.1) is 17.4 Å². The molecule has 0 radical (unpaired) electrons. The van der Waals surface area contributed by atoms with Crippen molar-refractivity contribution in [2.75, 3.05) is 5.75 Å². The summed E-state index contributed by atoms with van der Waals surface area (Å²) in [5.74, 6) is 0.745. The number of hydrogen-bond donors (Lipinski definition) is 1. The lowest BCUT2D eigenvalue weighted by atomic mass is 10.2. The zero-order valence-corrected chi connectivity index (χ0v) is 18.0. The zero-order chi connectivity index (χ0) is 20.8. The van der Waals surface area contributed by atoms with Gasteiger partial charge in [-0.2, -0.15) is 0 Å². The van der Waals surface area contributed by atoms with Crippen LogP contribution < -0.4 is 5.48 Å². The number of benzene rings is 2. The van der Waals surface area contributed by atoms with Crippen LogP contribution in [0.15, 0.2) is 59.8 Å². The van der Waals surface area contributed by atoms with Gasteiger partial charge in [0.1, 0.15) is 0 Å². The van der Waals surface area contributed by atoms with E-state index >= 15 is 0 Å². The number of hydrogen-bond acceptors (Lipinski definition) is 5. The van der Waals surface area contributed by atoms with E-state index in [9.17, 15) is 4.79 Å². The predicted octanol–water partition coefficient (Wildman–Crippen LogP) is 5.05. The Hall–Kier alpha value is -2.35. The fourth-order valence-corrected chi connectivity index (χ4v) is 4.64. The molecule has 1 saturated carbocycles. The van der Waals surface area contributed by atoms with Gasteiger partial charge in [-0.3, -0.25) is 14.2 Å². The van der Waals surface area contributed by atoms with Crippen LogP contribution in [-0.4, -0.2) is 26.4 Å². The van der Waals surface area contributed by atoms with E-state index in [1.807, 2.05) is 54.6 Å². The largest absolute Gasteiger partial charge is 0.299 e. The van der Waals surface area contributed by atoms with Gasteiger partial charge >= 0.3 is 0 Å². The fraction of sp³-hybridized carbons (Fsp3) is 0.318. The summed E-state index contributed by atoms with van der Waals surface area (Å²) in [5, 5.41) is 10.2. The molecule has 0 spiro atoms. The number of thioether (sulfide) groups is 1. The molecular weight excluding hydrogens is 420 g/mol. The van der Waals surface area contributed by atoms with Crippen LogP contribution in [0.1, 0.15) is 37.3 Å². The molecule has 1 aliphatic rings. The van der Waals surface area contributed by atoms with Crippen molar-refractivity contribution in [1.29, 1.82) is 0 Å². The van der Waals surface area contributed by atoms with Gasteiger partial charge < -0.3 is 0 Å². The van der Waals surface area contributed by atoms with Crippen LogP contribution in [0, 0.1) is 0 Å². The maximum Gasteiger partial charge on any atom is 0.254 e. The van der Waals surface area contributed by atoms with Crippen molar-refractivity contribution in [3.05, 3.63) is 65.2 Å². The summed E-state index contributed by atoms with van der Waals surface area (Å²) in [5.41, 5.74) is 4.36. The molecule has 1 amide bonds. The molecule has 0 atom stereocenters. The second-order valence-corrected chi connectivity index (χ2v) is 8.53. The fourth-order valence-electron chi connectivity index (χ4n) is 3.63. The highest BCUT2D eigenvalue weighted by atomic mass is 35.5. The van der Waals surface area contributed by atoms with E-state index in [4.69, 9.17) is 16.4 Å². The number of halogens is 1. The smallest absolute Gasteiger partial charge is 0.254 e. The molecule has 3 aromatic rings. The van der Waals surface area contributed by atoms with Gasteiger partial charge in [0.15, 0.2) is 11.0 Å². The third-order valence-electron chi connectivity index (χ3n) is 5.07. The van der Waals surface area contributed by atoms with Crippen LogP contribution in [0.2, 0.25) is 5.02 Å². The molecule has 1 N–H and O–H groups in total. The van der Waals surface area contributed by atoms with Crippen LogP contribution in [-0.2, 0) is 16.2 Å². The maximum absolute atomic E-state index is 12.2. The summed E-state index contributed by atoms with van der Waals surface area (Å²) in [7, 11) is 0. The van der Waals surface area contributed by atoms with Crippen molar-refractivity contribution < 1.29 is 9.63 Å². The minimum absolute atomic E-state index is 0.197. The van der Waals surface area contributed by atoms with Gasteiger partial charge in [-0.1, -0.05) is 78.7 Å². The van der Waals surface area contributed by atoms with Crippen molar-refractivity contribution in [2.24, 2.45) is 0 Å². The average Bonchev–Trinajstić information content (AvgIpc) is 3.43. The number of amides is 1. The van der Waals surface area contributed by atoms with Crippen LogP contribution >= 0.6 is 23.4 Å². The second-order valence-electron chi connectivity index (χ2n) is 7.18. The molecular formula is C22H23ClN4O2S. The Morgan fingerprint density at radius 3 is 2.60 bits per heavy atom. The molecule has 6 nitrogen and oxygen atoms in total. The molecule has 30 heavy (non-hydrogen) atoms. The Balaban J connectivity index is 1.42. The molecule has 0 saturated heterocycles. The molecule has 1 aromatic heterocycles. The molecule has 156 valence electrons. The first kappa shape index (κ1) is 20.9. The Bertz CT molecular complexity index is 990. The number of rotatable bonds is 8. The molecule has 8 heteroatoms. The highest BCUT2D eigenvalue weighted by Crippen LogP contribution is 2.38. The van der Waals surface area contributed by atoms with Crippen molar-refractivity contribution in [1.82, 2.24) is 20.2 Å². The Morgan fingerprint density at radius 2 is 1.83 bits per heavy atom. The quantitative estimate of drug-likeness (QED) is 0.390. The van der Waals surface area contributed by atoms with E-state index in [1.165, 1.54) is 24.6 Å². The van der Waals surface area contributed by atoms with Crippen molar-refractivity contribution in [3.63, 3.8) is 0 Å². The van der Waals surface area contributed by atoms with Gasteiger partial charge in [0, 0.05) is 11.6 Å². The van der Waals surface area contributed by atoms with Gasteiger partial charge in [-0.05, 0) is 30.5 Å². The molecule has 0 unspecified atom stereocenters. The van der Waals surface area contributed by atoms with Gasteiger partial charge in [-0.15, -0.1) is 10.2 Å². The van der Waals surface area contributed by atoms with E-state index in [1.54, 1.807) is 0 Å². The van der Waals surface area contributed by atoms with Crippen molar-refractivity contribution in [2.45, 2.75) is 43.5 Å². The molecule has 0 bridgehead atoms. The first-order chi connectivity index (χ1) is 14.7. The summed E-state index contributed by atoms with van der Waals surface area (Å²) in [6.07, 6.45) is 4.52. The minimum Gasteiger partial charge on any atom is -0.299 e. The minimum atomic E-state index is -0.212. The van der Waals surface area contributed by atoms with Gasteiger partial charge in [-0.25, -0.2) is 5.48 Å². The Kier molecular flexibility index (Phi) is 7.04. The lowest BCUT2D eigenvalue weighted by molar-refractivity contribution is -0.131. The number of nitrogens with zero attached hydrogens (tertiary/aromatic N) is 3. The summed E-state index contributed by atoms with van der Waals surface area (Å²) in [6, 6.07) is 17.7. The van der Waals surface area contributed by atoms with Gasteiger partial charge in [0.25, 0.3) is 5.91 Å². The third kappa shape index (κ3) is 5.03. The maximum atomic E-state index is 12.2. The molecule has 1 heterocycles. The Labute approximate surface area is 184 Å². The first-order valence-corrected chi connectivity index (χ1v) is 11.4. The molecule has 2 aromatic carbocycles. The molecule has 0 aliphatic heterocycles. The number of carbonyl (C=O) groups is 1. The molecule has 1 aliphatic carbocycles. The highest BCUT2D eigenvalue weighted by molar-refractivity contribution is 7.99. The number of aromatic nitrogens is 3. The average molecular weight is 443 g/mol. The standard InChI is InChI=1S/C22H23ClN4O2S/c23-19-13-7-6-12-18(19)21-24-25-22(27(21)17-10-4-5-11-17)30-15-20(28)26-29-14-16-8-2-1-3-9-16/h1-3,6-9,12-13,17H,4-5,10-11,14-15H2,(H,26,28). The topological polar surface area (TPSA) is 69.0 Å². The normalized spacial score (nSPS) is 14.2. The lowest BCUT2D eigenvalue weighted by Crippen LogP contribution is -2.25. The van der Waals surface area contributed by atoms with E-state index in [0.717, 1.165) is 34.9 Å². The van der Waals surface area contributed by atoms with Crippen molar-refractivity contribution >= 4 is 29.3 Å². The third-order valence-corrected chi connectivity index (χ3v) is 6.34. The van der Waals surface area contributed by atoms with Crippen LogP contribution in [0.3, 0.4) is 0 Å². The second kappa shape index (κ2) is 10.1. The first-order valence-electron chi connectivity index (χ1n) is 9.99. The van der Waals surface area contributed by atoms with E-state index in [-0.39, 0.29) is 11.7 Å². The predicted molar refractivity (Wildman–Crippen MR) is 118 cm³/mol. The van der Waals surface area contributed by atoms with Crippen LogP contribution in [0.25, 0.3) is 11.4 Å². The molecule has 1 fully saturated rings. The van der Waals surface area contributed by atoms with Crippen LogP contribution in [0.4, 0.5) is 0 Å². The lowest BCUT2D eigenvalue weighted by Gasteiger charge is -2.17. The van der Waals surface area contributed by atoms with E-state index < -0.39 is 0 Å². The number of nitrogens with one attached hydrogen (secondary N) is 1. The summed E-state index contributed by atoms with van der Waals surface area (Å²) < 4.78 is 2.15. The zero-order valence-electron chi connectivity index (χ0n) is 16.5. The number of carbonyl (C=O) groups excluding carboxylic acids is 1. The number of hydroxylamine groups is 1. The van der Waals surface area contributed by atoms with E-state index in [0.29, 0.717) is 17.7 Å². The van der Waals surface area contributed by atoms with E-state index in [2.05, 4.69) is 20.2 Å². The SMILES string of the molecule is O=C(CSc1nnc(-c2ccccc2Cl)n1C1CCCC1)NOCc1ccccc1. The highest BCUT2D eigenvalue weighted by Gasteiger charge is 2.26. The monoisotopic (exact) mass is 442 g/mol. The van der Waals surface area contributed by atoms with Gasteiger partial charge in [0.2, 0.25) is 0 Å². The van der Waals surface area contributed by atoms with Crippen LogP contribution in [0.5, 0.6) is 0 Å². The summed E-state index contributed by atoms with van der Waals surface area (Å²) in [6.45, 7) is 0.326.